The van der Waals surface area contributed by atoms with Crippen LogP contribution in [0.5, 0.6) is 0 Å². The van der Waals surface area contributed by atoms with E-state index < -0.39 is 27.2 Å². The van der Waals surface area contributed by atoms with Crippen molar-refractivity contribution < 1.29 is 18.3 Å². The number of carbonyl (C=O) groups is 1. The smallest absolute Gasteiger partial charge is 0.323 e. The topological polar surface area (TPSA) is 101 Å². The summed E-state index contributed by atoms with van der Waals surface area (Å²) in [6.07, 6.45) is 0. The van der Waals surface area contributed by atoms with Crippen molar-refractivity contribution in [2.75, 3.05) is 20.6 Å². The summed E-state index contributed by atoms with van der Waals surface area (Å²) in [7, 11) is -1.20. The molecule has 0 aliphatic rings. The van der Waals surface area contributed by atoms with E-state index >= 15 is 0 Å². The number of rotatable bonds is 5. The molecular formula is C7H16N2O4S. The molecule has 2 unspecified atom stereocenters. The highest BCUT2D eigenvalue weighted by molar-refractivity contribution is 7.90. The zero-order valence-electron chi connectivity index (χ0n) is 8.47. The van der Waals surface area contributed by atoms with Crippen molar-refractivity contribution in [3.05, 3.63) is 0 Å². The van der Waals surface area contributed by atoms with Gasteiger partial charge in [-0.1, -0.05) is 6.92 Å². The van der Waals surface area contributed by atoms with Gasteiger partial charge in [-0.2, -0.15) is 0 Å². The molecule has 0 rings (SSSR count). The molecule has 0 spiro atoms. The van der Waals surface area contributed by atoms with Gasteiger partial charge in [-0.3, -0.25) is 4.79 Å². The van der Waals surface area contributed by atoms with Gasteiger partial charge in [0.1, 0.15) is 0 Å². The van der Waals surface area contributed by atoms with Crippen LogP contribution in [0.15, 0.2) is 0 Å². The van der Waals surface area contributed by atoms with E-state index in [4.69, 9.17) is 10.8 Å². The van der Waals surface area contributed by atoms with E-state index in [1.807, 2.05) is 0 Å². The molecule has 7 heteroatoms. The number of nitrogens with zero attached hydrogens (tertiary/aromatic N) is 1. The maximum absolute atomic E-state index is 11.6. The Morgan fingerprint density at radius 3 is 2.14 bits per heavy atom. The van der Waals surface area contributed by atoms with Gasteiger partial charge in [-0.15, -0.1) is 0 Å². The van der Waals surface area contributed by atoms with Crippen molar-refractivity contribution in [2.24, 2.45) is 11.7 Å². The van der Waals surface area contributed by atoms with Crippen LogP contribution in [-0.2, 0) is 14.8 Å². The van der Waals surface area contributed by atoms with E-state index in [0.717, 1.165) is 4.31 Å². The predicted molar refractivity (Wildman–Crippen MR) is 52.2 cm³/mol. The number of carboxylic acids is 1. The first-order chi connectivity index (χ1) is 6.25. The molecule has 6 nitrogen and oxygen atoms in total. The van der Waals surface area contributed by atoms with Gasteiger partial charge < -0.3 is 10.8 Å². The summed E-state index contributed by atoms with van der Waals surface area (Å²) < 4.78 is 24.0. The highest BCUT2D eigenvalue weighted by atomic mass is 32.2. The van der Waals surface area contributed by atoms with Gasteiger partial charge in [0.05, 0.1) is 0 Å². The fraction of sp³-hybridized carbons (Fsp3) is 0.857. The fourth-order valence-corrected chi connectivity index (χ4v) is 2.42. The maximum Gasteiger partial charge on any atom is 0.323 e. The summed E-state index contributed by atoms with van der Waals surface area (Å²) in [5.74, 6) is -1.98. The standard InChI is InChI=1S/C7H16N2O4S/c1-5(4-8)6(7(10)11)14(12,13)9(2)3/h5-6H,4,8H2,1-3H3,(H,10,11). The quantitative estimate of drug-likeness (QED) is 0.619. The molecule has 0 bridgehead atoms. The number of hydrogen-bond acceptors (Lipinski definition) is 4. The third kappa shape index (κ3) is 2.66. The minimum Gasteiger partial charge on any atom is -0.480 e. The summed E-state index contributed by atoms with van der Waals surface area (Å²) in [6, 6.07) is 0. The molecule has 0 saturated carbocycles. The van der Waals surface area contributed by atoms with Gasteiger partial charge in [-0.05, 0) is 12.5 Å². The predicted octanol–water partition coefficient (Wildman–Crippen LogP) is -1.07. The molecule has 2 atom stereocenters. The van der Waals surface area contributed by atoms with E-state index in [0.29, 0.717) is 0 Å². The third-order valence-electron chi connectivity index (χ3n) is 1.96. The van der Waals surface area contributed by atoms with Crippen LogP contribution < -0.4 is 5.73 Å². The summed E-state index contributed by atoms with van der Waals surface area (Å²) in [4.78, 5) is 10.8. The average Bonchev–Trinajstić information content (AvgIpc) is 2.02. The Morgan fingerprint density at radius 2 is 1.93 bits per heavy atom. The normalized spacial score (nSPS) is 16.6. The maximum atomic E-state index is 11.6. The molecule has 84 valence electrons. The second-order valence-corrected chi connectivity index (χ2v) is 5.57. The molecule has 14 heavy (non-hydrogen) atoms. The lowest BCUT2D eigenvalue weighted by Gasteiger charge is -2.22. The van der Waals surface area contributed by atoms with E-state index in [-0.39, 0.29) is 6.54 Å². The molecule has 0 heterocycles. The van der Waals surface area contributed by atoms with Crippen LogP contribution >= 0.6 is 0 Å². The molecule has 0 aromatic heterocycles. The lowest BCUT2D eigenvalue weighted by molar-refractivity contribution is -0.137. The summed E-state index contributed by atoms with van der Waals surface area (Å²) >= 11 is 0. The fourth-order valence-electron chi connectivity index (χ4n) is 1.02. The highest BCUT2D eigenvalue weighted by Crippen LogP contribution is 2.14. The first-order valence-electron chi connectivity index (χ1n) is 4.09. The number of hydrogen-bond donors (Lipinski definition) is 2. The van der Waals surface area contributed by atoms with Crippen LogP contribution in [0.3, 0.4) is 0 Å². The Labute approximate surface area is 83.7 Å². The summed E-state index contributed by atoms with van der Waals surface area (Å²) in [5, 5.41) is 7.33. The molecule has 0 fully saturated rings. The third-order valence-corrected chi connectivity index (χ3v) is 4.29. The molecule has 0 saturated heterocycles. The van der Waals surface area contributed by atoms with Gasteiger partial charge in [-0.25, -0.2) is 12.7 Å². The number of carboxylic acid groups (broad SMARTS) is 1. The Morgan fingerprint density at radius 1 is 1.50 bits per heavy atom. The van der Waals surface area contributed by atoms with E-state index in [1.165, 1.54) is 21.0 Å². The monoisotopic (exact) mass is 224 g/mol. The average molecular weight is 224 g/mol. The van der Waals surface area contributed by atoms with E-state index in [1.54, 1.807) is 0 Å². The van der Waals surface area contributed by atoms with Gasteiger partial charge in [0.15, 0.2) is 5.25 Å². The molecule has 0 amide bonds. The van der Waals surface area contributed by atoms with Crippen LogP contribution in [0.25, 0.3) is 0 Å². The minimum absolute atomic E-state index is 0.0179. The number of nitrogens with two attached hydrogens (primary N) is 1. The molecule has 0 aliphatic heterocycles. The Hall–Kier alpha value is -0.660. The van der Waals surface area contributed by atoms with E-state index in [9.17, 15) is 13.2 Å². The minimum atomic E-state index is -3.80. The molecular weight excluding hydrogens is 208 g/mol. The van der Waals surface area contributed by atoms with Crippen molar-refractivity contribution >= 4 is 16.0 Å². The molecule has 0 aliphatic carbocycles. The van der Waals surface area contributed by atoms with E-state index in [2.05, 4.69) is 0 Å². The lowest BCUT2D eigenvalue weighted by Crippen LogP contribution is -2.45. The first kappa shape index (κ1) is 13.3. The molecule has 3 N–H and O–H groups in total. The van der Waals surface area contributed by atoms with Gasteiger partial charge in [0.25, 0.3) is 0 Å². The van der Waals surface area contributed by atoms with Gasteiger partial charge >= 0.3 is 5.97 Å². The molecule has 0 aromatic carbocycles. The van der Waals surface area contributed by atoms with Crippen LogP contribution in [0.2, 0.25) is 0 Å². The Bertz CT molecular complexity index is 299. The van der Waals surface area contributed by atoms with Crippen LogP contribution in [0.4, 0.5) is 0 Å². The Kier molecular flexibility index (Phi) is 4.50. The second-order valence-electron chi connectivity index (χ2n) is 3.30. The van der Waals surface area contributed by atoms with Gasteiger partial charge in [0.2, 0.25) is 10.0 Å². The zero-order valence-corrected chi connectivity index (χ0v) is 9.28. The van der Waals surface area contributed by atoms with Crippen LogP contribution in [0, 0.1) is 5.92 Å². The van der Waals surface area contributed by atoms with Crippen molar-refractivity contribution in [1.82, 2.24) is 4.31 Å². The Balaban J connectivity index is 5.13. The number of sulfonamides is 1. The largest absolute Gasteiger partial charge is 0.480 e. The summed E-state index contributed by atoms with van der Waals surface area (Å²) in [6.45, 7) is 1.52. The molecule has 0 aromatic rings. The van der Waals surface area contributed by atoms with Crippen molar-refractivity contribution in [2.45, 2.75) is 12.2 Å². The molecule has 0 radical (unpaired) electrons. The zero-order chi connectivity index (χ0) is 11.5. The van der Waals surface area contributed by atoms with Gasteiger partial charge in [0, 0.05) is 14.1 Å². The second kappa shape index (κ2) is 4.72. The van der Waals surface area contributed by atoms with Crippen molar-refractivity contribution in [3.63, 3.8) is 0 Å². The van der Waals surface area contributed by atoms with Crippen molar-refractivity contribution in [3.8, 4) is 0 Å². The first-order valence-corrected chi connectivity index (χ1v) is 5.59. The van der Waals surface area contributed by atoms with Crippen molar-refractivity contribution in [1.29, 1.82) is 0 Å². The summed E-state index contributed by atoms with van der Waals surface area (Å²) in [5.41, 5.74) is 5.26. The highest BCUT2D eigenvalue weighted by Gasteiger charge is 2.38. The van der Waals surface area contributed by atoms with Crippen LogP contribution in [-0.4, -0.2) is 49.7 Å². The van der Waals surface area contributed by atoms with Crippen LogP contribution in [0.1, 0.15) is 6.92 Å². The lowest BCUT2D eigenvalue weighted by atomic mass is 10.1. The number of aliphatic carboxylic acids is 1. The SMILES string of the molecule is CC(CN)C(C(=O)O)S(=O)(=O)N(C)C.